The van der Waals surface area contributed by atoms with Gasteiger partial charge in [0.15, 0.2) is 0 Å². The molecule has 40 valence electrons. The highest BCUT2D eigenvalue weighted by molar-refractivity contribution is 5.14. The molecule has 2 saturated carbocycles. The van der Waals surface area contributed by atoms with Crippen LogP contribution in [0.2, 0.25) is 0 Å². The standard InChI is InChI=1S/C7H12/c1-5-3-7(5)4-6(7)2/h5-6H,3-4H2,1-2H3. The summed E-state index contributed by atoms with van der Waals surface area (Å²) in [6, 6.07) is 0. The second-order valence-electron chi connectivity index (χ2n) is 3.44. The van der Waals surface area contributed by atoms with E-state index in [1.807, 2.05) is 0 Å². The van der Waals surface area contributed by atoms with E-state index in [9.17, 15) is 0 Å². The second-order valence-corrected chi connectivity index (χ2v) is 3.44. The average molecular weight is 96.2 g/mol. The van der Waals surface area contributed by atoms with Gasteiger partial charge in [0.25, 0.3) is 0 Å². The Morgan fingerprint density at radius 2 is 1.43 bits per heavy atom. The van der Waals surface area contributed by atoms with Gasteiger partial charge in [-0.15, -0.1) is 0 Å². The molecule has 0 heteroatoms. The van der Waals surface area contributed by atoms with Crippen molar-refractivity contribution in [3.8, 4) is 0 Å². The van der Waals surface area contributed by atoms with E-state index in [4.69, 9.17) is 0 Å². The van der Waals surface area contributed by atoms with Crippen LogP contribution in [0.4, 0.5) is 0 Å². The molecule has 0 aliphatic heterocycles. The van der Waals surface area contributed by atoms with E-state index in [2.05, 4.69) is 13.8 Å². The zero-order chi connectivity index (χ0) is 5.07. The molecule has 0 aromatic rings. The lowest BCUT2D eigenvalue weighted by Gasteiger charge is -1.78. The van der Waals surface area contributed by atoms with Crippen molar-refractivity contribution in [3.63, 3.8) is 0 Å². The molecule has 0 heterocycles. The van der Waals surface area contributed by atoms with Gasteiger partial charge in [-0.2, -0.15) is 0 Å². The third kappa shape index (κ3) is 0.296. The van der Waals surface area contributed by atoms with Gasteiger partial charge in [0.05, 0.1) is 0 Å². The molecule has 2 aliphatic rings. The topological polar surface area (TPSA) is 0 Å². The van der Waals surface area contributed by atoms with Crippen molar-refractivity contribution in [1.82, 2.24) is 0 Å². The minimum absolute atomic E-state index is 0.917. The van der Waals surface area contributed by atoms with E-state index >= 15 is 0 Å². The van der Waals surface area contributed by atoms with Crippen LogP contribution in [0.3, 0.4) is 0 Å². The smallest absolute Gasteiger partial charge is 0.0240 e. The monoisotopic (exact) mass is 96.1 g/mol. The maximum absolute atomic E-state index is 2.38. The molecule has 1 spiro atoms. The van der Waals surface area contributed by atoms with Crippen molar-refractivity contribution in [2.24, 2.45) is 17.3 Å². The lowest BCUT2D eigenvalue weighted by atomic mass is 10.3. The SMILES string of the molecule is CC1CC12CC2C. The molecular formula is C7H12. The van der Waals surface area contributed by atoms with E-state index < -0.39 is 0 Å². The van der Waals surface area contributed by atoms with Crippen LogP contribution in [-0.4, -0.2) is 0 Å². The molecule has 0 N–H and O–H groups in total. The van der Waals surface area contributed by atoms with E-state index in [0.29, 0.717) is 0 Å². The van der Waals surface area contributed by atoms with Gasteiger partial charge < -0.3 is 0 Å². The van der Waals surface area contributed by atoms with Crippen LogP contribution in [-0.2, 0) is 0 Å². The minimum atomic E-state index is 0.917. The van der Waals surface area contributed by atoms with Crippen LogP contribution >= 0.6 is 0 Å². The summed E-state index contributed by atoms with van der Waals surface area (Å²) >= 11 is 0. The predicted molar refractivity (Wildman–Crippen MR) is 30.0 cm³/mol. The molecule has 0 amide bonds. The van der Waals surface area contributed by atoms with Gasteiger partial charge >= 0.3 is 0 Å². The van der Waals surface area contributed by atoms with Crippen LogP contribution in [0, 0.1) is 17.3 Å². The molecule has 0 saturated heterocycles. The maximum atomic E-state index is 2.38. The summed E-state index contributed by atoms with van der Waals surface area (Å²) in [7, 11) is 0. The highest BCUT2D eigenvalue weighted by Gasteiger charge is 2.65. The Morgan fingerprint density at radius 3 is 1.43 bits per heavy atom. The Labute approximate surface area is 44.9 Å². The Hall–Kier alpha value is 0. The van der Waals surface area contributed by atoms with E-state index in [0.717, 1.165) is 17.3 Å². The Balaban J connectivity index is 2.11. The van der Waals surface area contributed by atoms with Crippen molar-refractivity contribution in [2.45, 2.75) is 26.7 Å². The molecule has 0 nitrogen and oxygen atoms in total. The molecule has 2 unspecified atom stereocenters. The zero-order valence-electron chi connectivity index (χ0n) is 5.07. The largest absolute Gasteiger partial charge is 0.0619 e. The normalized spacial score (nSPS) is 66.0. The van der Waals surface area contributed by atoms with Crippen molar-refractivity contribution in [3.05, 3.63) is 0 Å². The highest BCUT2D eigenvalue weighted by atomic mass is 14.7. The maximum Gasteiger partial charge on any atom is -0.0240 e. The second kappa shape index (κ2) is 0.765. The van der Waals surface area contributed by atoms with Gasteiger partial charge in [-0.3, -0.25) is 0 Å². The van der Waals surface area contributed by atoms with Crippen molar-refractivity contribution in [2.75, 3.05) is 0 Å². The molecular weight excluding hydrogens is 84.1 g/mol. The molecule has 2 rings (SSSR count). The van der Waals surface area contributed by atoms with Gasteiger partial charge in [-0.1, -0.05) is 13.8 Å². The number of hydrogen-bond donors (Lipinski definition) is 0. The quantitative estimate of drug-likeness (QED) is 0.433. The van der Waals surface area contributed by atoms with Crippen molar-refractivity contribution < 1.29 is 0 Å². The molecule has 2 atom stereocenters. The number of hydrogen-bond acceptors (Lipinski definition) is 0. The van der Waals surface area contributed by atoms with Crippen molar-refractivity contribution in [1.29, 1.82) is 0 Å². The van der Waals surface area contributed by atoms with Crippen LogP contribution in [0.25, 0.3) is 0 Å². The van der Waals surface area contributed by atoms with Gasteiger partial charge in [0, 0.05) is 0 Å². The summed E-state index contributed by atoms with van der Waals surface area (Å²) in [6.07, 6.45) is 3.07. The van der Waals surface area contributed by atoms with Crippen LogP contribution in [0.15, 0.2) is 0 Å². The summed E-state index contributed by atoms with van der Waals surface area (Å²) < 4.78 is 0. The van der Waals surface area contributed by atoms with Gasteiger partial charge in [0.1, 0.15) is 0 Å². The van der Waals surface area contributed by atoms with Crippen LogP contribution in [0.1, 0.15) is 26.7 Å². The summed E-state index contributed by atoms with van der Waals surface area (Å²) in [4.78, 5) is 0. The summed E-state index contributed by atoms with van der Waals surface area (Å²) in [5, 5.41) is 0. The van der Waals surface area contributed by atoms with E-state index in [-0.39, 0.29) is 0 Å². The summed E-state index contributed by atoms with van der Waals surface area (Å²) in [5.74, 6) is 2.17. The minimum Gasteiger partial charge on any atom is -0.0619 e. The van der Waals surface area contributed by atoms with Crippen molar-refractivity contribution >= 4 is 0 Å². The first-order valence-electron chi connectivity index (χ1n) is 3.26. The van der Waals surface area contributed by atoms with E-state index in [1.165, 1.54) is 12.8 Å². The Bertz CT molecular complexity index is 90.6. The number of rotatable bonds is 0. The van der Waals surface area contributed by atoms with Gasteiger partial charge in [-0.25, -0.2) is 0 Å². The first-order chi connectivity index (χ1) is 3.26. The van der Waals surface area contributed by atoms with Crippen LogP contribution < -0.4 is 0 Å². The first kappa shape index (κ1) is 3.94. The lowest BCUT2D eigenvalue weighted by Crippen LogP contribution is -1.73. The van der Waals surface area contributed by atoms with E-state index in [1.54, 1.807) is 0 Å². The fourth-order valence-electron chi connectivity index (χ4n) is 1.99. The zero-order valence-corrected chi connectivity index (χ0v) is 5.07. The molecule has 2 aliphatic carbocycles. The highest BCUT2D eigenvalue weighted by Crippen LogP contribution is 2.74. The molecule has 2 fully saturated rings. The van der Waals surface area contributed by atoms with Gasteiger partial charge in [0.2, 0.25) is 0 Å². The van der Waals surface area contributed by atoms with Gasteiger partial charge in [-0.05, 0) is 30.1 Å². The third-order valence-corrected chi connectivity index (χ3v) is 3.02. The molecule has 7 heavy (non-hydrogen) atoms. The van der Waals surface area contributed by atoms with Crippen LogP contribution in [0.5, 0.6) is 0 Å². The summed E-state index contributed by atoms with van der Waals surface area (Å²) in [5.41, 5.74) is 0.917. The third-order valence-electron chi connectivity index (χ3n) is 3.02. The fourth-order valence-corrected chi connectivity index (χ4v) is 1.99. The lowest BCUT2D eigenvalue weighted by molar-refractivity contribution is 0.696. The Kier molecular flexibility index (Phi) is 0.430. The molecule has 0 aromatic carbocycles. The Morgan fingerprint density at radius 1 is 1.14 bits per heavy atom. The average Bonchev–Trinajstić information content (AvgIpc) is 2.28. The molecule has 0 bridgehead atoms. The predicted octanol–water partition coefficient (Wildman–Crippen LogP) is 2.05. The molecule has 0 radical (unpaired) electrons. The molecule has 0 aromatic heterocycles. The first-order valence-corrected chi connectivity index (χ1v) is 3.26. The fraction of sp³-hybridized carbons (Fsp3) is 1.00. The summed E-state index contributed by atoms with van der Waals surface area (Å²) in [6.45, 7) is 4.76.